The van der Waals surface area contributed by atoms with Gasteiger partial charge in [0.1, 0.15) is 5.82 Å². The zero-order chi connectivity index (χ0) is 11.8. The highest BCUT2D eigenvalue weighted by atomic mass is 19.1. The number of hydrogen-bond donors (Lipinski definition) is 1. The van der Waals surface area contributed by atoms with Gasteiger partial charge in [-0.1, -0.05) is 6.07 Å². The number of rotatable bonds is 7. The van der Waals surface area contributed by atoms with Crippen molar-refractivity contribution in [2.45, 2.75) is 26.2 Å². The third-order valence-corrected chi connectivity index (χ3v) is 2.64. The lowest BCUT2D eigenvalue weighted by Gasteiger charge is -2.23. The fourth-order valence-corrected chi connectivity index (χ4v) is 1.73. The molecule has 0 saturated heterocycles. The Hall–Kier alpha value is -1.09. The molecule has 0 fully saturated rings. The van der Waals surface area contributed by atoms with Crippen molar-refractivity contribution in [2.24, 2.45) is 0 Å². The highest BCUT2D eigenvalue weighted by molar-refractivity contribution is 5.46. The van der Waals surface area contributed by atoms with Crippen molar-refractivity contribution in [1.82, 2.24) is 0 Å². The molecule has 0 aromatic heterocycles. The molecular weight excluding hydrogens is 205 g/mol. The second kappa shape index (κ2) is 7.23. The molecule has 0 saturated carbocycles. The van der Waals surface area contributed by atoms with Crippen LogP contribution in [-0.4, -0.2) is 24.8 Å². The molecule has 0 radical (unpaired) electrons. The van der Waals surface area contributed by atoms with Gasteiger partial charge in [-0.15, -0.1) is 0 Å². The second-order valence-corrected chi connectivity index (χ2v) is 3.84. The number of anilines is 1. The second-order valence-electron chi connectivity index (χ2n) is 3.84. The molecule has 0 heterocycles. The van der Waals surface area contributed by atoms with Crippen molar-refractivity contribution in [3.8, 4) is 0 Å². The largest absolute Gasteiger partial charge is 0.396 e. The number of aliphatic hydroxyl groups excluding tert-OH is 1. The van der Waals surface area contributed by atoms with Crippen LogP contribution in [0.15, 0.2) is 24.3 Å². The summed E-state index contributed by atoms with van der Waals surface area (Å²) in [6.45, 7) is 4.12. The summed E-state index contributed by atoms with van der Waals surface area (Å²) in [5, 5.41) is 8.68. The standard InChI is InChI=1S/C13H20FNO/c1-2-15(9-4-3-5-10-16)13-8-6-7-12(14)11-13/h6-8,11,16H,2-5,9-10H2,1H3. The van der Waals surface area contributed by atoms with Crippen LogP contribution >= 0.6 is 0 Å². The average Bonchev–Trinajstić information content (AvgIpc) is 2.29. The summed E-state index contributed by atoms with van der Waals surface area (Å²) in [4.78, 5) is 2.15. The van der Waals surface area contributed by atoms with Crippen LogP contribution in [0, 0.1) is 5.82 Å². The lowest BCUT2D eigenvalue weighted by molar-refractivity contribution is 0.283. The lowest BCUT2D eigenvalue weighted by Crippen LogP contribution is -2.23. The van der Waals surface area contributed by atoms with E-state index in [0.717, 1.165) is 38.0 Å². The van der Waals surface area contributed by atoms with Crippen molar-refractivity contribution in [2.75, 3.05) is 24.6 Å². The Balaban J connectivity index is 2.47. The van der Waals surface area contributed by atoms with Crippen molar-refractivity contribution in [3.63, 3.8) is 0 Å². The zero-order valence-electron chi connectivity index (χ0n) is 9.82. The molecule has 90 valence electrons. The number of unbranched alkanes of at least 4 members (excludes halogenated alkanes) is 2. The molecule has 1 aromatic rings. The topological polar surface area (TPSA) is 23.5 Å². The number of halogens is 1. The molecule has 0 bridgehead atoms. The van der Waals surface area contributed by atoms with Gasteiger partial charge in [0, 0.05) is 25.4 Å². The van der Waals surface area contributed by atoms with Crippen LogP contribution in [-0.2, 0) is 0 Å². The Morgan fingerprint density at radius 3 is 2.69 bits per heavy atom. The molecule has 2 nitrogen and oxygen atoms in total. The van der Waals surface area contributed by atoms with Crippen LogP contribution in [0.1, 0.15) is 26.2 Å². The van der Waals surface area contributed by atoms with E-state index < -0.39 is 0 Å². The quantitative estimate of drug-likeness (QED) is 0.721. The number of benzene rings is 1. The minimum Gasteiger partial charge on any atom is -0.396 e. The summed E-state index contributed by atoms with van der Waals surface area (Å²) < 4.78 is 13.0. The zero-order valence-corrected chi connectivity index (χ0v) is 9.82. The molecule has 16 heavy (non-hydrogen) atoms. The van der Waals surface area contributed by atoms with Crippen molar-refractivity contribution in [3.05, 3.63) is 30.1 Å². The molecule has 3 heteroatoms. The lowest BCUT2D eigenvalue weighted by atomic mass is 10.2. The normalized spacial score (nSPS) is 10.4. The predicted molar refractivity (Wildman–Crippen MR) is 65.2 cm³/mol. The van der Waals surface area contributed by atoms with Gasteiger partial charge < -0.3 is 10.0 Å². The van der Waals surface area contributed by atoms with Gasteiger partial charge in [-0.05, 0) is 44.4 Å². The van der Waals surface area contributed by atoms with E-state index in [-0.39, 0.29) is 12.4 Å². The first-order valence-electron chi connectivity index (χ1n) is 5.89. The van der Waals surface area contributed by atoms with Crippen molar-refractivity contribution in [1.29, 1.82) is 0 Å². The Morgan fingerprint density at radius 1 is 1.25 bits per heavy atom. The van der Waals surface area contributed by atoms with Gasteiger partial charge in [-0.25, -0.2) is 4.39 Å². The summed E-state index contributed by atoms with van der Waals surface area (Å²) >= 11 is 0. The molecule has 0 amide bonds. The molecule has 1 aromatic carbocycles. The molecule has 1 N–H and O–H groups in total. The fraction of sp³-hybridized carbons (Fsp3) is 0.538. The van der Waals surface area contributed by atoms with Crippen LogP contribution in [0.2, 0.25) is 0 Å². The molecular formula is C13H20FNO. The summed E-state index contributed by atoms with van der Waals surface area (Å²) in [6.07, 6.45) is 2.90. The molecule has 0 aliphatic carbocycles. The Morgan fingerprint density at radius 2 is 2.06 bits per heavy atom. The third kappa shape index (κ3) is 4.19. The van der Waals surface area contributed by atoms with Crippen LogP contribution in [0.25, 0.3) is 0 Å². The molecule has 0 aliphatic rings. The summed E-state index contributed by atoms with van der Waals surface area (Å²) in [6, 6.07) is 6.69. The van der Waals surface area contributed by atoms with Gasteiger partial charge in [0.15, 0.2) is 0 Å². The van der Waals surface area contributed by atoms with Crippen molar-refractivity contribution < 1.29 is 9.50 Å². The molecule has 0 atom stereocenters. The maximum absolute atomic E-state index is 13.0. The van der Waals surface area contributed by atoms with Gasteiger partial charge in [0.2, 0.25) is 0 Å². The average molecular weight is 225 g/mol. The first kappa shape index (κ1) is 13.0. The summed E-state index contributed by atoms with van der Waals surface area (Å²) in [5.74, 6) is -0.189. The number of hydrogen-bond acceptors (Lipinski definition) is 2. The van der Waals surface area contributed by atoms with Crippen molar-refractivity contribution >= 4 is 5.69 Å². The maximum Gasteiger partial charge on any atom is 0.125 e. The van der Waals surface area contributed by atoms with Crippen LogP contribution in [0.3, 0.4) is 0 Å². The fourth-order valence-electron chi connectivity index (χ4n) is 1.73. The van der Waals surface area contributed by atoms with E-state index >= 15 is 0 Å². The third-order valence-electron chi connectivity index (χ3n) is 2.64. The minimum atomic E-state index is -0.189. The van der Waals surface area contributed by atoms with Gasteiger partial charge in [0.25, 0.3) is 0 Å². The van der Waals surface area contributed by atoms with E-state index in [1.54, 1.807) is 12.1 Å². The van der Waals surface area contributed by atoms with Gasteiger partial charge in [-0.3, -0.25) is 0 Å². The summed E-state index contributed by atoms with van der Waals surface area (Å²) in [7, 11) is 0. The predicted octanol–water partition coefficient (Wildman–Crippen LogP) is 2.81. The van der Waals surface area contributed by atoms with Gasteiger partial charge in [0.05, 0.1) is 0 Å². The monoisotopic (exact) mass is 225 g/mol. The van der Waals surface area contributed by atoms with Gasteiger partial charge >= 0.3 is 0 Å². The Bertz CT molecular complexity index is 304. The van der Waals surface area contributed by atoms with E-state index in [1.165, 1.54) is 6.07 Å². The molecule has 0 aliphatic heterocycles. The first-order valence-corrected chi connectivity index (χ1v) is 5.89. The first-order chi connectivity index (χ1) is 7.77. The van der Waals surface area contributed by atoms with Crippen LogP contribution in [0.4, 0.5) is 10.1 Å². The van der Waals surface area contributed by atoms with E-state index in [0.29, 0.717) is 0 Å². The molecule has 0 unspecified atom stereocenters. The van der Waals surface area contributed by atoms with E-state index in [4.69, 9.17) is 5.11 Å². The van der Waals surface area contributed by atoms with Crippen LogP contribution in [0.5, 0.6) is 0 Å². The van der Waals surface area contributed by atoms with E-state index in [1.807, 2.05) is 6.07 Å². The highest BCUT2D eigenvalue weighted by Crippen LogP contribution is 2.16. The molecule has 1 rings (SSSR count). The summed E-state index contributed by atoms with van der Waals surface area (Å²) in [5.41, 5.74) is 0.937. The van der Waals surface area contributed by atoms with E-state index in [2.05, 4.69) is 11.8 Å². The smallest absolute Gasteiger partial charge is 0.125 e. The number of nitrogens with zero attached hydrogens (tertiary/aromatic N) is 1. The highest BCUT2D eigenvalue weighted by Gasteiger charge is 2.04. The Labute approximate surface area is 96.7 Å². The number of aliphatic hydroxyl groups is 1. The van der Waals surface area contributed by atoms with E-state index in [9.17, 15) is 4.39 Å². The van der Waals surface area contributed by atoms with Gasteiger partial charge in [-0.2, -0.15) is 0 Å². The maximum atomic E-state index is 13.0. The minimum absolute atomic E-state index is 0.189. The Kier molecular flexibility index (Phi) is 5.86. The molecule has 0 spiro atoms. The van der Waals surface area contributed by atoms with Crippen LogP contribution < -0.4 is 4.90 Å². The SMILES string of the molecule is CCN(CCCCCO)c1cccc(F)c1.